The summed E-state index contributed by atoms with van der Waals surface area (Å²) in [7, 11) is 0. The van der Waals surface area contributed by atoms with Crippen molar-refractivity contribution >= 4 is 28.0 Å². The Morgan fingerprint density at radius 2 is 2.19 bits per heavy atom. The molecule has 0 bridgehead atoms. The van der Waals surface area contributed by atoms with Crippen LogP contribution in [0.5, 0.6) is 0 Å². The SMILES string of the molecule is CCOC(=O)C(=Cc1cc(C(F)(F)F)ccc1Br)N=[N+]=[N-]. The molecular formula is C12H9BrF3N3O2. The van der Waals surface area contributed by atoms with Gasteiger partial charge < -0.3 is 4.74 Å². The molecular weight excluding hydrogens is 355 g/mol. The van der Waals surface area contributed by atoms with Gasteiger partial charge in [0.1, 0.15) is 5.70 Å². The zero-order valence-corrected chi connectivity index (χ0v) is 12.3. The number of azide groups is 1. The lowest BCUT2D eigenvalue weighted by Gasteiger charge is -2.09. The van der Waals surface area contributed by atoms with Crippen LogP contribution in [0.25, 0.3) is 16.5 Å². The van der Waals surface area contributed by atoms with Crippen molar-refractivity contribution in [3.63, 3.8) is 0 Å². The molecule has 0 heterocycles. The maximum atomic E-state index is 12.7. The smallest absolute Gasteiger partial charge is 0.416 e. The van der Waals surface area contributed by atoms with E-state index >= 15 is 0 Å². The molecule has 0 amide bonds. The Morgan fingerprint density at radius 3 is 2.71 bits per heavy atom. The molecule has 0 spiro atoms. The third-order valence-corrected chi connectivity index (χ3v) is 2.97. The Morgan fingerprint density at radius 1 is 1.52 bits per heavy atom. The van der Waals surface area contributed by atoms with Crippen molar-refractivity contribution in [2.75, 3.05) is 6.61 Å². The second-order valence-electron chi connectivity index (χ2n) is 3.67. The molecule has 0 saturated heterocycles. The quantitative estimate of drug-likeness (QED) is 0.256. The van der Waals surface area contributed by atoms with Crippen LogP contribution in [0.4, 0.5) is 13.2 Å². The van der Waals surface area contributed by atoms with E-state index < -0.39 is 23.4 Å². The van der Waals surface area contributed by atoms with Gasteiger partial charge in [-0.25, -0.2) is 4.79 Å². The number of hydrogen-bond acceptors (Lipinski definition) is 3. The molecule has 0 radical (unpaired) electrons. The first-order valence-electron chi connectivity index (χ1n) is 5.60. The van der Waals surface area contributed by atoms with Gasteiger partial charge in [0.2, 0.25) is 0 Å². The van der Waals surface area contributed by atoms with Gasteiger partial charge in [0.25, 0.3) is 0 Å². The van der Waals surface area contributed by atoms with Gasteiger partial charge in [-0.2, -0.15) is 13.2 Å². The lowest BCUT2D eigenvalue weighted by Crippen LogP contribution is -2.07. The van der Waals surface area contributed by atoms with E-state index in [2.05, 4.69) is 30.7 Å². The lowest BCUT2D eigenvalue weighted by atomic mass is 10.1. The summed E-state index contributed by atoms with van der Waals surface area (Å²) in [6.07, 6.45) is -3.50. The minimum atomic E-state index is -4.52. The molecule has 1 aromatic carbocycles. The highest BCUT2D eigenvalue weighted by atomic mass is 79.9. The minimum Gasteiger partial charge on any atom is -0.462 e. The number of alkyl halides is 3. The van der Waals surface area contributed by atoms with Gasteiger partial charge in [0.05, 0.1) is 12.2 Å². The molecule has 0 saturated carbocycles. The average Bonchev–Trinajstić information content (AvgIpc) is 2.39. The average molecular weight is 364 g/mol. The van der Waals surface area contributed by atoms with E-state index in [0.717, 1.165) is 18.2 Å². The van der Waals surface area contributed by atoms with Gasteiger partial charge in [-0.15, -0.1) is 0 Å². The van der Waals surface area contributed by atoms with E-state index in [1.165, 1.54) is 6.07 Å². The molecule has 0 aromatic heterocycles. The van der Waals surface area contributed by atoms with Crippen molar-refractivity contribution in [1.29, 1.82) is 0 Å². The highest BCUT2D eigenvalue weighted by Gasteiger charge is 2.30. The maximum absolute atomic E-state index is 12.7. The molecule has 112 valence electrons. The summed E-state index contributed by atoms with van der Waals surface area (Å²) in [5, 5.41) is 3.14. The monoisotopic (exact) mass is 363 g/mol. The fourth-order valence-corrected chi connectivity index (χ4v) is 1.72. The second-order valence-corrected chi connectivity index (χ2v) is 4.53. The van der Waals surface area contributed by atoms with Crippen molar-refractivity contribution in [1.82, 2.24) is 0 Å². The summed E-state index contributed by atoms with van der Waals surface area (Å²) in [6, 6.07) is 2.91. The largest absolute Gasteiger partial charge is 0.462 e. The van der Waals surface area contributed by atoms with Gasteiger partial charge in [-0.05, 0) is 42.3 Å². The first-order valence-corrected chi connectivity index (χ1v) is 6.39. The van der Waals surface area contributed by atoms with Crippen LogP contribution in [-0.4, -0.2) is 12.6 Å². The normalized spacial score (nSPS) is 11.8. The summed E-state index contributed by atoms with van der Waals surface area (Å²) in [5.41, 5.74) is 7.13. The predicted molar refractivity (Wildman–Crippen MR) is 72.9 cm³/mol. The zero-order chi connectivity index (χ0) is 16.0. The van der Waals surface area contributed by atoms with E-state index in [0.29, 0.717) is 4.47 Å². The molecule has 0 aliphatic carbocycles. The number of esters is 1. The van der Waals surface area contributed by atoms with E-state index in [9.17, 15) is 18.0 Å². The topological polar surface area (TPSA) is 75.1 Å². The highest BCUT2D eigenvalue weighted by molar-refractivity contribution is 9.10. The van der Waals surface area contributed by atoms with Gasteiger partial charge in [0, 0.05) is 9.38 Å². The summed E-state index contributed by atoms with van der Waals surface area (Å²) in [6.45, 7) is 1.59. The number of carbonyl (C=O) groups is 1. The summed E-state index contributed by atoms with van der Waals surface area (Å²) >= 11 is 3.07. The van der Waals surface area contributed by atoms with E-state index in [4.69, 9.17) is 5.53 Å². The number of carbonyl (C=O) groups excluding carboxylic acids is 1. The van der Waals surface area contributed by atoms with Crippen molar-refractivity contribution in [3.05, 3.63) is 49.9 Å². The Kier molecular flexibility index (Phi) is 5.80. The van der Waals surface area contributed by atoms with Crippen molar-refractivity contribution in [2.24, 2.45) is 5.11 Å². The van der Waals surface area contributed by atoms with E-state index in [1.54, 1.807) is 6.92 Å². The zero-order valence-electron chi connectivity index (χ0n) is 10.7. The van der Waals surface area contributed by atoms with E-state index in [-0.39, 0.29) is 12.2 Å². The number of rotatable bonds is 4. The first kappa shape index (κ1) is 17.1. The third kappa shape index (κ3) is 4.80. The van der Waals surface area contributed by atoms with Gasteiger partial charge in [-0.1, -0.05) is 21.0 Å². The van der Waals surface area contributed by atoms with Crippen LogP contribution >= 0.6 is 15.9 Å². The second kappa shape index (κ2) is 7.14. The Hall–Kier alpha value is -1.99. The summed E-state index contributed by atoms with van der Waals surface area (Å²) < 4.78 is 42.9. The van der Waals surface area contributed by atoms with Crippen LogP contribution in [0.2, 0.25) is 0 Å². The van der Waals surface area contributed by atoms with Crippen LogP contribution < -0.4 is 0 Å². The molecule has 5 nitrogen and oxygen atoms in total. The number of ether oxygens (including phenoxy) is 1. The summed E-state index contributed by atoms with van der Waals surface area (Å²) in [5.74, 6) is -0.917. The molecule has 1 rings (SSSR count). The van der Waals surface area contributed by atoms with Crippen molar-refractivity contribution in [3.8, 4) is 0 Å². The summed E-state index contributed by atoms with van der Waals surface area (Å²) in [4.78, 5) is 14.0. The van der Waals surface area contributed by atoms with Gasteiger partial charge in [-0.3, -0.25) is 0 Å². The van der Waals surface area contributed by atoms with Crippen LogP contribution in [0.1, 0.15) is 18.1 Å². The Balaban J connectivity index is 3.32. The molecule has 0 atom stereocenters. The number of halogens is 4. The number of hydrogen-bond donors (Lipinski definition) is 0. The molecule has 0 unspecified atom stereocenters. The number of benzene rings is 1. The van der Waals surface area contributed by atoms with Gasteiger partial charge in [0.15, 0.2) is 0 Å². The van der Waals surface area contributed by atoms with Crippen LogP contribution in [-0.2, 0) is 15.7 Å². The standard InChI is InChI=1S/C12H9BrF3N3O2/c1-2-21-11(20)10(18-19-17)6-7-5-8(12(14,15)16)3-4-9(7)13/h3-6H,2H2,1H3. The van der Waals surface area contributed by atoms with Gasteiger partial charge >= 0.3 is 12.1 Å². The van der Waals surface area contributed by atoms with Crippen molar-refractivity contribution in [2.45, 2.75) is 13.1 Å². The molecule has 0 aliphatic heterocycles. The fourth-order valence-electron chi connectivity index (χ4n) is 1.36. The molecule has 0 fully saturated rings. The highest BCUT2D eigenvalue weighted by Crippen LogP contribution is 2.32. The molecule has 0 N–H and O–H groups in total. The first-order chi connectivity index (χ1) is 9.79. The fraction of sp³-hybridized carbons (Fsp3) is 0.250. The lowest BCUT2D eigenvalue weighted by molar-refractivity contribution is -0.138. The Bertz CT molecular complexity index is 623. The van der Waals surface area contributed by atoms with Crippen LogP contribution in [0.15, 0.2) is 33.5 Å². The molecule has 21 heavy (non-hydrogen) atoms. The third-order valence-electron chi connectivity index (χ3n) is 2.25. The number of nitrogens with zero attached hydrogens (tertiary/aromatic N) is 3. The van der Waals surface area contributed by atoms with Crippen LogP contribution in [0, 0.1) is 0 Å². The molecule has 9 heteroatoms. The molecule has 0 aliphatic rings. The minimum absolute atomic E-state index is 0.0419. The Labute approximate surface area is 126 Å². The predicted octanol–water partition coefficient (Wildman–Crippen LogP) is 4.68. The maximum Gasteiger partial charge on any atom is 0.416 e. The van der Waals surface area contributed by atoms with Crippen LogP contribution in [0.3, 0.4) is 0 Å². The molecule has 1 aromatic rings. The van der Waals surface area contributed by atoms with E-state index in [1.807, 2.05) is 0 Å². The van der Waals surface area contributed by atoms with Crippen molar-refractivity contribution < 1.29 is 22.7 Å².